The Bertz CT molecular complexity index is 606. The number of ether oxygens (including phenoxy) is 2. The molecule has 0 spiro atoms. The molecule has 2 rings (SSSR count). The SMILES string of the molecule is CCC(N)(CC)c1noc(-c2ccc(OC)cc2OC)n1. The maximum absolute atomic E-state index is 6.29. The summed E-state index contributed by atoms with van der Waals surface area (Å²) >= 11 is 0. The molecular formula is C15H21N3O3. The van der Waals surface area contributed by atoms with E-state index in [1.54, 1.807) is 20.3 Å². The molecule has 0 aliphatic rings. The maximum Gasteiger partial charge on any atom is 0.261 e. The minimum atomic E-state index is -0.568. The number of benzene rings is 1. The normalized spacial score (nSPS) is 11.5. The minimum Gasteiger partial charge on any atom is -0.497 e. The van der Waals surface area contributed by atoms with Crippen molar-refractivity contribution in [3.05, 3.63) is 24.0 Å². The van der Waals surface area contributed by atoms with Crippen LogP contribution in [0.1, 0.15) is 32.5 Å². The Kier molecular flexibility index (Phi) is 4.47. The van der Waals surface area contributed by atoms with E-state index in [0.29, 0.717) is 28.8 Å². The Morgan fingerprint density at radius 3 is 2.48 bits per heavy atom. The van der Waals surface area contributed by atoms with E-state index < -0.39 is 5.54 Å². The van der Waals surface area contributed by atoms with Crippen molar-refractivity contribution < 1.29 is 14.0 Å². The molecule has 1 aromatic heterocycles. The van der Waals surface area contributed by atoms with E-state index in [1.165, 1.54) is 0 Å². The Morgan fingerprint density at radius 1 is 1.19 bits per heavy atom. The van der Waals surface area contributed by atoms with E-state index in [1.807, 2.05) is 26.0 Å². The zero-order chi connectivity index (χ0) is 15.5. The predicted molar refractivity (Wildman–Crippen MR) is 79.3 cm³/mol. The van der Waals surface area contributed by atoms with Gasteiger partial charge >= 0.3 is 0 Å². The molecule has 1 heterocycles. The highest BCUT2D eigenvalue weighted by Crippen LogP contribution is 2.33. The molecular weight excluding hydrogens is 270 g/mol. The summed E-state index contributed by atoms with van der Waals surface area (Å²) in [6.07, 6.45) is 1.48. The van der Waals surface area contributed by atoms with Crippen molar-refractivity contribution in [2.24, 2.45) is 5.73 Å². The molecule has 6 heteroatoms. The number of hydrogen-bond donors (Lipinski definition) is 1. The molecule has 0 fully saturated rings. The molecule has 0 aliphatic carbocycles. The Labute approximate surface area is 124 Å². The molecule has 0 saturated heterocycles. The Morgan fingerprint density at radius 2 is 1.90 bits per heavy atom. The number of nitrogens with two attached hydrogens (primary N) is 1. The summed E-state index contributed by atoms with van der Waals surface area (Å²) in [7, 11) is 3.19. The van der Waals surface area contributed by atoms with Gasteiger partial charge in [-0.05, 0) is 25.0 Å². The van der Waals surface area contributed by atoms with Gasteiger partial charge in [0.05, 0.1) is 25.3 Å². The topological polar surface area (TPSA) is 83.4 Å². The van der Waals surface area contributed by atoms with Gasteiger partial charge in [0.1, 0.15) is 11.5 Å². The monoisotopic (exact) mass is 291 g/mol. The Balaban J connectivity index is 2.42. The molecule has 0 bridgehead atoms. The molecule has 0 amide bonds. The molecule has 0 unspecified atom stereocenters. The number of hydrogen-bond acceptors (Lipinski definition) is 6. The highest BCUT2D eigenvalue weighted by atomic mass is 16.5. The van der Waals surface area contributed by atoms with Gasteiger partial charge in [0.15, 0.2) is 5.82 Å². The molecule has 0 radical (unpaired) electrons. The molecule has 0 aliphatic heterocycles. The molecule has 21 heavy (non-hydrogen) atoms. The second kappa shape index (κ2) is 6.13. The van der Waals surface area contributed by atoms with E-state index in [9.17, 15) is 0 Å². The third-order valence-electron chi connectivity index (χ3n) is 3.77. The summed E-state index contributed by atoms with van der Waals surface area (Å²) in [5.41, 5.74) is 6.44. The number of methoxy groups -OCH3 is 2. The summed E-state index contributed by atoms with van der Waals surface area (Å²) < 4.78 is 15.9. The molecule has 0 saturated carbocycles. The zero-order valence-electron chi connectivity index (χ0n) is 12.8. The molecule has 1 aromatic carbocycles. The van der Waals surface area contributed by atoms with Crippen LogP contribution in [0.3, 0.4) is 0 Å². The number of nitrogens with zero attached hydrogens (tertiary/aromatic N) is 2. The fraction of sp³-hybridized carbons (Fsp3) is 0.467. The van der Waals surface area contributed by atoms with Gasteiger partial charge in [0.25, 0.3) is 5.89 Å². The highest BCUT2D eigenvalue weighted by Gasteiger charge is 2.29. The van der Waals surface area contributed by atoms with Crippen LogP contribution in [-0.4, -0.2) is 24.4 Å². The van der Waals surface area contributed by atoms with E-state index in [0.717, 1.165) is 12.8 Å². The van der Waals surface area contributed by atoms with Crippen molar-refractivity contribution in [1.29, 1.82) is 0 Å². The zero-order valence-corrected chi connectivity index (χ0v) is 12.8. The molecule has 6 nitrogen and oxygen atoms in total. The smallest absolute Gasteiger partial charge is 0.261 e. The second-order valence-electron chi connectivity index (χ2n) is 4.85. The number of rotatable bonds is 6. The van der Waals surface area contributed by atoms with Crippen molar-refractivity contribution in [3.8, 4) is 23.0 Å². The highest BCUT2D eigenvalue weighted by molar-refractivity contribution is 5.64. The lowest BCUT2D eigenvalue weighted by Gasteiger charge is -2.21. The summed E-state index contributed by atoms with van der Waals surface area (Å²) in [4.78, 5) is 4.43. The molecule has 2 aromatic rings. The predicted octanol–water partition coefficient (Wildman–Crippen LogP) is 2.73. The van der Waals surface area contributed by atoms with Gasteiger partial charge in [-0.15, -0.1) is 0 Å². The Hall–Kier alpha value is -2.08. The van der Waals surface area contributed by atoms with Crippen molar-refractivity contribution in [3.63, 3.8) is 0 Å². The van der Waals surface area contributed by atoms with E-state index in [2.05, 4.69) is 10.1 Å². The minimum absolute atomic E-state index is 0.390. The average molecular weight is 291 g/mol. The van der Waals surface area contributed by atoms with Crippen LogP contribution in [0.4, 0.5) is 0 Å². The van der Waals surface area contributed by atoms with Gasteiger partial charge in [-0.2, -0.15) is 4.98 Å². The van der Waals surface area contributed by atoms with Crippen LogP contribution in [0.25, 0.3) is 11.5 Å². The van der Waals surface area contributed by atoms with Crippen LogP contribution < -0.4 is 15.2 Å². The molecule has 0 atom stereocenters. The fourth-order valence-corrected chi connectivity index (χ4v) is 2.08. The van der Waals surface area contributed by atoms with E-state index >= 15 is 0 Å². The first-order valence-corrected chi connectivity index (χ1v) is 6.93. The lowest BCUT2D eigenvalue weighted by Crippen LogP contribution is -2.36. The largest absolute Gasteiger partial charge is 0.497 e. The van der Waals surface area contributed by atoms with Crippen molar-refractivity contribution in [1.82, 2.24) is 10.1 Å². The van der Waals surface area contributed by atoms with Crippen LogP contribution in [0.2, 0.25) is 0 Å². The van der Waals surface area contributed by atoms with Crippen LogP contribution in [0, 0.1) is 0 Å². The maximum atomic E-state index is 6.29. The summed E-state index contributed by atoms with van der Waals surface area (Å²) in [6, 6.07) is 5.41. The van der Waals surface area contributed by atoms with Gasteiger partial charge in [-0.25, -0.2) is 0 Å². The first-order chi connectivity index (χ1) is 10.1. The van der Waals surface area contributed by atoms with E-state index in [4.69, 9.17) is 19.7 Å². The standard InChI is InChI=1S/C15H21N3O3/c1-5-15(16,6-2)14-17-13(21-18-14)11-8-7-10(19-3)9-12(11)20-4/h7-9H,5-6,16H2,1-4H3. The first kappa shape index (κ1) is 15.3. The first-order valence-electron chi connectivity index (χ1n) is 6.93. The van der Waals surface area contributed by atoms with Crippen LogP contribution >= 0.6 is 0 Å². The quantitative estimate of drug-likeness (QED) is 0.881. The van der Waals surface area contributed by atoms with Crippen LogP contribution in [-0.2, 0) is 5.54 Å². The average Bonchev–Trinajstić information content (AvgIpc) is 3.03. The van der Waals surface area contributed by atoms with E-state index in [-0.39, 0.29) is 0 Å². The third kappa shape index (κ3) is 2.85. The van der Waals surface area contributed by atoms with Crippen molar-refractivity contribution in [2.75, 3.05) is 14.2 Å². The lowest BCUT2D eigenvalue weighted by atomic mass is 9.93. The van der Waals surface area contributed by atoms with Crippen molar-refractivity contribution in [2.45, 2.75) is 32.2 Å². The number of aromatic nitrogens is 2. The second-order valence-corrected chi connectivity index (χ2v) is 4.85. The van der Waals surface area contributed by atoms with Crippen molar-refractivity contribution >= 4 is 0 Å². The molecule has 114 valence electrons. The molecule has 2 N–H and O–H groups in total. The van der Waals surface area contributed by atoms with Gasteiger partial charge in [0, 0.05) is 6.07 Å². The van der Waals surface area contributed by atoms with Gasteiger partial charge in [0.2, 0.25) is 0 Å². The summed E-state index contributed by atoms with van der Waals surface area (Å²) in [6.45, 7) is 4.01. The van der Waals surface area contributed by atoms with Gasteiger partial charge in [-0.1, -0.05) is 19.0 Å². The summed E-state index contributed by atoms with van der Waals surface area (Å²) in [5.74, 6) is 2.22. The van der Waals surface area contributed by atoms with Crippen LogP contribution in [0.15, 0.2) is 22.7 Å². The van der Waals surface area contributed by atoms with Crippen LogP contribution in [0.5, 0.6) is 11.5 Å². The van der Waals surface area contributed by atoms with Gasteiger partial charge < -0.3 is 19.7 Å². The lowest BCUT2D eigenvalue weighted by molar-refractivity contribution is 0.349. The third-order valence-corrected chi connectivity index (χ3v) is 3.77. The fourth-order valence-electron chi connectivity index (χ4n) is 2.08. The van der Waals surface area contributed by atoms with Gasteiger partial charge in [-0.3, -0.25) is 0 Å². The summed E-state index contributed by atoms with van der Waals surface area (Å²) in [5, 5.41) is 4.03.